The molecule has 0 aliphatic carbocycles. The van der Waals surface area contributed by atoms with Crippen LogP contribution in [0.4, 0.5) is 0 Å². The third kappa shape index (κ3) is 5.22. The molecule has 0 aliphatic heterocycles. The summed E-state index contributed by atoms with van der Waals surface area (Å²) >= 11 is 0. The zero-order chi connectivity index (χ0) is 14.7. The van der Waals surface area contributed by atoms with Gasteiger partial charge in [-0.25, -0.2) is 0 Å². The van der Waals surface area contributed by atoms with Gasteiger partial charge in [0.05, 0.1) is 0 Å². The zero-order valence-electron chi connectivity index (χ0n) is 13.0. The lowest BCUT2D eigenvalue weighted by Gasteiger charge is -2.36. The van der Waals surface area contributed by atoms with E-state index in [0.717, 1.165) is 0 Å². The van der Waals surface area contributed by atoms with Crippen LogP contribution in [-0.4, -0.2) is 56.8 Å². The highest BCUT2D eigenvalue weighted by atomic mass is 32.2. The van der Waals surface area contributed by atoms with Crippen molar-refractivity contribution in [1.82, 2.24) is 13.9 Å². The first-order valence-electron chi connectivity index (χ1n) is 6.29. The van der Waals surface area contributed by atoms with E-state index in [9.17, 15) is 8.42 Å². The maximum atomic E-state index is 12.0. The third-order valence-electron chi connectivity index (χ3n) is 2.87. The minimum atomic E-state index is -3.34. The molecule has 0 heterocycles. The molecule has 0 radical (unpaired) electrons. The second-order valence-corrected chi connectivity index (χ2v) is 8.56. The quantitative estimate of drug-likeness (QED) is 0.793. The summed E-state index contributed by atoms with van der Waals surface area (Å²) < 4.78 is 26.6. The maximum Gasteiger partial charge on any atom is 0.281 e. The van der Waals surface area contributed by atoms with E-state index in [1.165, 1.54) is 8.61 Å². The maximum absolute atomic E-state index is 12.0. The second-order valence-electron chi connectivity index (χ2n) is 6.31. The first-order valence-corrected chi connectivity index (χ1v) is 7.68. The Labute approximate surface area is 113 Å². The fraction of sp³-hybridized carbons (Fsp3) is 1.00. The molecule has 0 saturated carbocycles. The summed E-state index contributed by atoms with van der Waals surface area (Å²) in [7, 11) is 1.38. The molecule has 0 fully saturated rings. The summed E-state index contributed by atoms with van der Waals surface area (Å²) in [5.74, 6) is 0. The Kier molecular flexibility index (Phi) is 6.26. The average molecular weight is 279 g/mol. The van der Waals surface area contributed by atoms with Crippen LogP contribution in [0.3, 0.4) is 0 Å². The standard InChI is InChI=1S/C12H29N3O2S/c1-10(2)13-11(12(3,4)5)9-15(8)18(16,17)14(6)7/h10-11,13H,9H2,1-8H3/t11-/m1/s1. The van der Waals surface area contributed by atoms with Crippen molar-refractivity contribution in [2.45, 2.75) is 46.7 Å². The Balaban J connectivity index is 4.90. The predicted octanol–water partition coefficient (Wildman–Crippen LogP) is 1.14. The van der Waals surface area contributed by atoms with E-state index in [-0.39, 0.29) is 11.5 Å². The van der Waals surface area contributed by atoms with Gasteiger partial charge in [0.25, 0.3) is 10.2 Å². The van der Waals surface area contributed by atoms with E-state index in [1.807, 2.05) is 0 Å². The topological polar surface area (TPSA) is 52.7 Å². The normalized spacial score (nSPS) is 15.7. The van der Waals surface area contributed by atoms with Gasteiger partial charge in [-0.3, -0.25) is 0 Å². The van der Waals surface area contributed by atoms with Crippen LogP contribution in [0.15, 0.2) is 0 Å². The van der Waals surface area contributed by atoms with Crippen LogP contribution in [0.1, 0.15) is 34.6 Å². The zero-order valence-corrected chi connectivity index (χ0v) is 13.8. The van der Waals surface area contributed by atoms with Crippen molar-refractivity contribution in [3.8, 4) is 0 Å². The van der Waals surface area contributed by atoms with Crippen LogP contribution in [0, 0.1) is 5.41 Å². The van der Waals surface area contributed by atoms with Gasteiger partial charge in [-0.1, -0.05) is 34.6 Å². The number of nitrogens with zero attached hydrogens (tertiary/aromatic N) is 2. The minimum absolute atomic E-state index is 0.000360. The summed E-state index contributed by atoms with van der Waals surface area (Å²) in [6.45, 7) is 10.9. The van der Waals surface area contributed by atoms with Crippen molar-refractivity contribution in [3.63, 3.8) is 0 Å². The van der Waals surface area contributed by atoms with Gasteiger partial charge in [0.2, 0.25) is 0 Å². The summed E-state index contributed by atoms with van der Waals surface area (Å²) in [5.41, 5.74) is 0.000360. The Morgan fingerprint density at radius 2 is 1.56 bits per heavy atom. The summed E-state index contributed by atoms with van der Waals surface area (Å²) in [4.78, 5) is 0. The van der Waals surface area contributed by atoms with Gasteiger partial charge >= 0.3 is 0 Å². The lowest BCUT2D eigenvalue weighted by molar-refractivity contribution is 0.220. The molecule has 0 aromatic heterocycles. The van der Waals surface area contributed by atoms with Crippen LogP contribution in [0.2, 0.25) is 0 Å². The van der Waals surface area contributed by atoms with Gasteiger partial charge in [0.1, 0.15) is 0 Å². The fourth-order valence-electron chi connectivity index (χ4n) is 1.61. The van der Waals surface area contributed by atoms with E-state index < -0.39 is 10.2 Å². The molecule has 0 aromatic rings. The average Bonchev–Trinajstić information content (AvgIpc) is 2.13. The number of nitrogens with one attached hydrogen (secondary N) is 1. The Morgan fingerprint density at radius 3 is 1.83 bits per heavy atom. The van der Waals surface area contributed by atoms with Gasteiger partial charge in [0.15, 0.2) is 0 Å². The monoisotopic (exact) mass is 279 g/mol. The molecular weight excluding hydrogens is 250 g/mol. The van der Waals surface area contributed by atoms with E-state index in [4.69, 9.17) is 0 Å². The van der Waals surface area contributed by atoms with Crippen molar-refractivity contribution < 1.29 is 8.42 Å². The van der Waals surface area contributed by atoms with Crippen LogP contribution in [-0.2, 0) is 10.2 Å². The fourth-order valence-corrected chi connectivity index (χ4v) is 2.50. The SMILES string of the molecule is CC(C)N[C@H](CN(C)S(=O)(=O)N(C)C)C(C)(C)C. The summed E-state index contributed by atoms with van der Waals surface area (Å²) in [6, 6.07) is 0.432. The Hall–Kier alpha value is -0.170. The molecule has 0 aromatic carbocycles. The second kappa shape index (κ2) is 6.32. The van der Waals surface area contributed by atoms with Crippen molar-refractivity contribution in [2.24, 2.45) is 5.41 Å². The highest BCUT2D eigenvalue weighted by Gasteiger charge is 2.30. The number of hydrogen-bond acceptors (Lipinski definition) is 3. The van der Waals surface area contributed by atoms with Gasteiger partial charge in [-0.05, 0) is 5.41 Å². The van der Waals surface area contributed by atoms with Crippen LogP contribution >= 0.6 is 0 Å². The molecule has 1 atom stereocenters. The number of hydrogen-bond donors (Lipinski definition) is 1. The van der Waals surface area contributed by atoms with Crippen molar-refractivity contribution in [3.05, 3.63) is 0 Å². The molecule has 0 aliphatic rings. The molecule has 1 N–H and O–H groups in total. The van der Waals surface area contributed by atoms with Gasteiger partial charge in [-0.15, -0.1) is 0 Å². The van der Waals surface area contributed by atoms with E-state index >= 15 is 0 Å². The van der Waals surface area contributed by atoms with Gasteiger partial charge < -0.3 is 5.32 Å². The van der Waals surface area contributed by atoms with Gasteiger partial charge in [-0.2, -0.15) is 17.0 Å². The minimum Gasteiger partial charge on any atom is -0.310 e. The number of rotatable bonds is 6. The van der Waals surface area contributed by atoms with Crippen LogP contribution < -0.4 is 5.32 Å². The van der Waals surface area contributed by atoms with Crippen LogP contribution in [0.25, 0.3) is 0 Å². The van der Waals surface area contributed by atoms with E-state index in [2.05, 4.69) is 39.9 Å². The first-order chi connectivity index (χ1) is 7.89. The molecule has 18 heavy (non-hydrogen) atoms. The smallest absolute Gasteiger partial charge is 0.281 e. The molecule has 5 nitrogen and oxygen atoms in total. The van der Waals surface area contributed by atoms with Gasteiger partial charge in [0, 0.05) is 39.8 Å². The lowest BCUT2D eigenvalue weighted by atomic mass is 9.86. The highest BCUT2D eigenvalue weighted by molar-refractivity contribution is 7.86. The first kappa shape index (κ1) is 17.8. The Bertz CT molecular complexity index is 345. The molecule has 6 heteroatoms. The highest BCUT2D eigenvalue weighted by Crippen LogP contribution is 2.21. The largest absolute Gasteiger partial charge is 0.310 e. The van der Waals surface area contributed by atoms with Crippen molar-refractivity contribution in [1.29, 1.82) is 0 Å². The summed E-state index contributed by atoms with van der Waals surface area (Å²) in [6.07, 6.45) is 0. The molecule has 0 rings (SSSR count). The van der Waals surface area contributed by atoms with Crippen LogP contribution in [0.5, 0.6) is 0 Å². The molecule has 0 saturated heterocycles. The lowest BCUT2D eigenvalue weighted by Crippen LogP contribution is -2.52. The molecule has 0 spiro atoms. The summed E-state index contributed by atoms with van der Waals surface area (Å²) in [5, 5.41) is 3.44. The van der Waals surface area contributed by atoms with Crippen molar-refractivity contribution >= 4 is 10.2 Å². The molecular formula is C12H29N3O2S. The van der Waals surface area contributed by atoms with Crippen molar-refractivity contribution in [2.75, 3.05) is 27.7 Å². The predicted molar refractivity (Wildman–Crippen MR) is 76.8 cm³/mol. The molecule has 0 amide bonds. The molecule has 110 valence electrons. The van der Waals surface area contributed by atoms with E-state index in [1.54, 1.807) is 21.1 Å². The van der Waals surface area contributed by atoms with E-state index in [0.29, 0.717) is 12.6 Å². The third-order valence-corrected chi connectivity index (χ3v) is 4.73. The molecule has 0 unspecified atom stereocenters. The number of likely N-dealkylation sites (N-methyl/N-ethyl adjacent to an activating group) is 1. The Morgan fingerprint density at radius 1 is 1.11 bits per heavy atom. The molecule has 0 bridgehead atoms.